The minimum absolute atomic E-state index is 0.343. The van der Waals surface area contributed by atoms with Gasteiger partial charge in [-0.05, 0) is 17.7 Å². The van der Waals surface area contributed by atoms with E-state index in [1.807, 2.05) is 18.2 Å². The molecule has 2 aromatic rings. The summed E-state index contributed by atoms with van der Waals surface area (Å²) in [5.74, 6) is -1.49. The average Bonchev–Trinajstić information content (AvgIpc) is 2.47. The van der Waals surface area contributed by atoms with Gasteiger partial charge in [0, 0.05) is 5.56 Å². The summed E-state index contributed by atoms with van der Waals surface area (Å²) < 4.78 is 5.59. The molecule has 1 aliphatic heterocycles. The Bertz CT molecular complexity index is 511. The number of fused-ring (bicyclic) bond motifs is 2. The van der Waals surface area contributed by atoms with Crippen molar-refractivity contribution in [3.63, 3.8) is 0 Å². The predicted molar refractivity (Wildman–Crippen MR) is 62.4 cm³/mol. The lowest BCUT2D eigenvalue weighted by Gasteiger charge is -2.23. The second-order valence-electron chi connectivity index (χ2n) is 4.11. The van der Waals surface area contributed by atoms with Gasteiger partial charge >= 0.3 is 0 Å². The van der Waals surface area contributed by atoms with E-state index in [1.165, 1.54) is 0 Å². The molecular weight excluding hydrogens is 216 g/mol. The standard InChI is InChI=1S/C14H12O3/c15-14(16)11-6-2-1-5-10(11)9-17-13-8-4-3-7-12(13)14/h1-8,15-16H,9H2. The maximum atomic E-state index is 10.3. The summed E-state index contributed by atoms with van der Waals surface area (Å²) in [5, 5.41) is 20.7. The van der Waals surface area contributed by atoms with Crippen LogP contribution in [0.4, 0.5) is 0 Å². The van der Waals surface area contributed by atoms with Gasteiger partial charge in [-0.1, -0.05) is 36.4 Å². The molecule has 0 fully saturated rings. The molecule has 0 aromatic heterocycles. The molecule has 3 rings (SSSR count). The van der Waals surface area contributed by atoms with Crippen LogP contribution in [-0.4, -0.2) is 10.2 Å². The lowest BCUT2D eigenvalue weighted by molar-refractivity contribution is -0.132. The smallest absolute Gasteiger partial charge is 0.221 e. The number of benzene rings is 2. The van der Waals surface area contributed by atoms with Crippen molar-refractivity contribution in [2.24, 2.45) is 0 Å². The van der Waals surface area contributed by atoms with Crippen LogP contribution in [0.25, 0.3) is 0 Å². The predicted octanol–water partition coefficient (Wildman–Crippen LogP) is 1.76. The largest absolute Gasteiger partial charge is 0.488 e. The first-order valence-electron chi connectivity index (χ1n) is 5.45. The average molecular weight is 228 g/mol. The monoisotopic (exact) mass is 228 g/mol. The van der Waals surface area contributed by atoms with E-state index in [4.69, 9.17) is 4.74 Å². The van der Waals surface area contributed by atoms with Crippen LogP contribution in [-0.2, 0) is 12.4 Å². The summed E-state index contributed by atoms with van der Waals surface area (Å²) in [6, 6.07) is 14.2. The van der Waals surface area contributed by atoms with E-state index in [0.717, 1.165) is 5.56 Å². The van der Waals surface area contributed by atoms with Gasteiger partial charge in [-0.15, -0.1) is 0 Å². The van der Waals surface area contributed by atoms with Crippen LogP contribution in [0.1, 0.15) is 16.7 Å². The Morgan fingerprint density at radius 1 is 0.882 bits per heavy atom. The molecule has 0 radical (unpaired) electrons. The van der Waals surface area contributed by atoms with Crippen molar-refractivity contribution in [1.29, 1.82) is 0 Å². The maximum Gasteiger partial charge on any atom is 0.221 e. The molecule has 0 unspecified atom stereocenters. The fourth-order valence-electron chi connectivity index (χ4n) is 2.17. The summed E-state index contributed by atoms with van der Waals surface area (Å²) in [5.41, 5.74) is 1.64. The number of para-hydroxylation sites is 1. The van der Waals surface area contributed by atoms with Gasteiger partial charge in [0.15, 0.2) is 0 Å². The first-order valence-corrected chi connectivity index (χ1v) is 5.45. The summed E-state index contributed by atoms with van der Waals surface area (Å²) in [6.45, 7) is 0.343. The van der Waals surface area contributed by atoms with E-state index in [0.29, 0.717) is 23.5 Å². The highest BCUT2D eigenvalue weighted by Crippen LogP contribution is 2.38. The normalized spacial score (nSPS) is 16.4. The summed E-state index contributed by atoms with van der Waals surface area (Å²) in [7, 11) is 0. The molecule has 3 heteroatoms. The van der Waals surface area contributed by atoms with Crippen molar-refractivity contribution in [3.05, 3.63) is 65.2 Å². The topological polar surface area (TPSA) is 49.7 Å². The lowest BCUT2D eigenvalue weighted by Crippen LogP contribution is -2.26. The van der Waals surface area contributed by atoms with E-state index in [2.05, 4.69) is 0 Å². The Morgan fingerprint density at radius 2 is 1.53 bits per heavy atom. The fraction of sp³-hybridized carbons (Fsp3) is 0.143. The quantitative estimate of drug-likeness (QED) is 0.675. The third-order valence-corrected chi connectivity index (χ3v) is 3.04. The highest BCUT2D eigenvalue weighted by atomic mass is 16.5. The van der Waals surface area contributed by atoms with Crippen LogP contribution >= 0.6 is 0 Å². The van der Waals surface area contributed by atoms with Crippen LogP contribution in [0.2, 0.25) is 0 Å². The van der Waals surface area contributed by atoms with Crippen LogP contribution in [0.3, 0.4) is 0 Å². The third-order valence-electron chi connectivity index (χ3n) is 3.04. The molecule has 1 aliphatic rings. The van der Waals surface area contributed by atoms with Gasteiger partial charge in [0.1, 0.15) is 12.4 Å². The first kappa shape index (κ1) is 10.3. The molecule has 0 amide bonds. The van der Waals surface area contributed by atoms with E-state index in [9.17, 15) is 10.2 Å². The van der Waals surface area contributed by atoms with Gasteiger partial charge in [0.25, 0.3) is 0 Å². The maximum absolute atomic E-state index is 10.3. The summed E-state index contributed by atoms with van der Waals surface area (Å²) in [6.07, 6.45) is 0. The first-order chi connectivity index (χ1) is 8.19. The molecule has 0 atom stereocenters. The van der Waals surface area contributed by atoms with Gasteiger partial charge in [0.05, 0.1) is 5.56 Å². The molecule has 0 saturated carbocycles. The molecule has 2 aromatic carbocycles. The second-order valence-corrected chi connectivity index (χ2v) is 4.11. The molecule has 17 heavy (non-hydrogen) atoms. The molecule has 1 heterocycles. The van der Waals surface area contributed by atoms with Crippen molar-refractivity contribution in [3.8, 4) is 5.75 Å². The van der Waals surface area contributed by atoms with E-state index < -0.39 is 5.79 Å². The highest BCUT2D eigenvalue weighted by molar-refractivity contribution is 5.46. The molecule has 2 N–H and O–H groups in total. The SMILES string of the molecule is OC1(O)c2ccccc2COc2ccccc21. The Balaban J connectivity index is 2.27. The number of aliphatic hydroxyl groups is 2. The number of ether oxygens (including phenoxy) is 1. The zero-order valence-corrected chi connectivity index (χ0v) is 9.13. The van der Waals surface area contributed by atoms with Gasteiger partial charge in [-0.25, -0.2) is 0 Å². The molecule has 0 saturated heterocycles. The minimum Gasteiger partial charge on any atom is -0.488 e. The van der Waals surface area contributed by atoms with Gasteiger partial charge in [-0.3, -0.25) is 0 Å². The van der Waals surface area contributed by atoms with Gasteiger partial charge < -0.3 is 14.9 Å². The van der Waals surface area contributed by atoms with Crippen molar-refractivity contribution in [2.45, 2.75) is 12.4 Å². The van der Waals surface area contributed by atoms with Crippen LogP contribution < -0.4 is 4.74 Å². The van der Waals surface area contributed by atoms with Crippen LogP contribution in [0, 0.1) is 0 Å². The Hall–Kier alpha value is -1.84. The summed E-state index contributed by atoms with van der Waals surface area (Å²) >= 11 is 0. The van der Waals surface area contributed by atoms with E-state index in [-0.39, 0.29) is 0 Å². The van der Waals surface area contributed by atoms with Crippen molar-refractivity contribution >= 4 is 0 Å². The highest BCUT2D eigenvalue weighted by Gasteiger charge is 2.35. The second kappa shape index (κ2) is 3.58. The van der Waals surface area contributed by atoms with Crippen molar-refractivity contribution in [1.82, 2.24) is 0 Å². The fourth-order valence-corrected chi connectivity index (χ4v) is 2.17. The van der Waals surface area contributed by atoms with Crippen LogP contribution in [0.5, 0.6) is 5.75 Å². The third kappa shape index (κ3) is 1.52. The van der Waals surface area contributed by atoms with Crippen molar-refractivity contribution in [2.75, 3.05) is 0 Å². The number of hydrogen-bond acceptors (Lipinski definition) is 3. The van der Waals surface area contributed by atoms with Crippen LogP contribution in [0.15, 0.2) is 48.5 Å². The number of hydrogen-bond donors (Lipinski definition) is 2. The zero-order valence-electron chi connectivity index (χ0n) is 9.13. The molecule has 0 spiro atoms. The van der Waals surface area contributed by atoms with Gasteiger partial charge in [0.2, 0.25) is 5.79 Å². The zero-order chi connectivity index (χ0) is 11.9. The molecule has 0 aliphatic carbocycles. The Labute approximate surface area is 98.9 Å². The minimum atomic E-state index is -2.00. The molecule has 0 bridgehead atoms. The Morgan fingerprint density at radius 3 is 2.35 bits per heavy atom. The molecule has 3 nitrogen and oxygen atoms in total. The van der Waals surface area contributed by atoms with E-state index >= 15 is 0 Å². The number of rotatable bonds is 0. The van der Waals surface area contributed by atoms with E-state index in [1.54, 1.807) is 30.3 Å². The molecular formula is C14H12O3. The molecule has 86 valence electrons. The summed E-state index contributed by atoms with van der Waals surface area (Å²) in [4.78, 5) is 0. The lowest BCUT2D eigenvalue weighted by atomic mass is 9.94. The van der Waals surface area contributed by atoms with Gasteiger partial charge in [-0.2, -0.15) is 0 Å². The Kier molecular flexibility index (Phi) is 2.18. The van der Waals surface area contributed by atoms with Crippen molar-refractivity contribution < 1.29 is 14.9 Å².